The summed E-state index contributed by atoms with van der Waals surface area (Å²) in [5.74, 6) is 6.34. The Hall–Kier alpha value is -3.26. The van der Waals surface area contributed by atoms with Gasteiger partial charge in [0, 0.05) is 31.5 Å². The molecule has 0 amide bonds. The van der Waals surface area contributed by atoms with Gasteiger partial charge in [-0.05, 0) is 19.9 Å². The summed E-state index contributed by atoms with van der Waals surface area (Å²) in [6.07, 6.45) is -2.44. The lowest BCUT2D eigenvalue weighted by atomic mass is 10.2. The van der Waals surface area contributed by atoms with E-state index in [4.69, 9.17) is 5.84 Å². The number of nitrogens with two attached hydrogens (primary N) is 1. The number of sulfone groups is 1. The van der Waals surface area contributed by atoms with E-state index < -0.39 is 21.6 Å². The van der Waals surface area contributed by atoms with Crippen LogP contribution in [-0.2, 0) is 23.1 Å². The van der Waals surface area contributed by atoms with Crippen LogP contribution in [0.3, 0.4) is 0 Å². The molecule has 2 N–H and O–H groups in total. The molecule has 0 aliphatic heterocycles. The van der Waals surface area contributed by atoms with E-state index in [2.05, 4.69) is 20.1 Å². The number of aromatic nitrogens is 6. The zero-order valence-electron chi connectivity index (χ0n) is 18.2. The van der Waals surface area contributed by atoms with Gasteiger partial charge in [0.2, 0.25) is 0 Å². The molecule has 14 heteroatoms. The lowest BCUT2D eigenvalue weighted by Crippen LogP contribution is -2.38. The van der Waals surface area contributed by atoms with E-state index in [1.165, 1.54) is 34.3 Å². The van der Waals surface area contributed by atoms with Gasteiger partial charge in [-0.1, -0.05) is 6.92 Å². The average Bonchev–Trinajstić information content (AvgIpc) is 3.30. The fourth-order valence-corrected chi connectivity index (χ4v) is 4.35. The Morgan fingerprint density at radius 2 is 1.91 bits per heavy atom. The van der Waals surface area contributed by atoms with Crippen molar-refractivity contribution in [3.63, 3.8) is 0 Å². The first-order valence-corrected chi connectivity index (χ1v) is 11.6. The van der Waals surface area contributed by atoms with Crippen molar-refractivity contribution in [2.75, 3.05) is 10.8 Å². The highest BCUT2D eigenvalue weighted by molar-refractivity contribution is 7.91. The van der Waals surface area contributed by atoms with Crippen LogP contribution in [0.25, 0.3) is 28.2 Å². The molecule has 4 aromatic rings. The van der Waals surface area contributed by atoms with E-state index >= 15 is 0 Å². The third kappa shape index (κ3) is 3.68. The molecule has 0 radical (unpaired) electrons. The molecule has 176 valence electrons. The fourth-order valence-electron chi connectivity index (χ4n) is 3.38. The molecule has 0 spiro atoms. The van der Waals surface area contributed by atoms with Crippen LogP contribution in [-0.4, -0.2) is 49.3 Å². The molecule has 10 nitrogen and oxygen atoms in total. The van der Waals surface area contributed by atoms with E-state index in [0.717, 1.165) is 6.07 Å². The molecule has 4 rings (SSSR count). The molecule has 4 aromatic heterocycles. The minimum atomic E-state index is -4.60. The van der Waals surface area contributed by atoms with Crippen LogP contribution < -0.4 is 10.9 Å². The van der Waals surface area contributed by atoms with Crippen LogP contribution >= 0.6 is 0 Å². The zero-order chi connectivity index (χ0) is 24.3. The summed E-state index contributed by atoms with van der Waals surface area (Å²) < 4.78 is 68.1. The molecule has 0 aliphatic rings. The SMILES string of the molecule is CCS(=O)(=O)c1nn2c(N(N)C(C)C)ccnc2c1-c1nc2cc(C(F)(F)F)cnc2n1C. The van der Waals surface area contributed by atoms with E-state index in [-0.39, 0.29) is 45.0 Å². The van der Waals surface area contributed by atoms with Gasteiger partial charge >= 0.3 is 6.18 Å². The summed E-state index contributed by atoms with van der Waals surface area (Å²) in [6.45, 7) is 5.15. The fraction of sp³-hybridized carbons (Fsp3) is 0.368. The highest BCUT2D eigenvalue weighted by Crippen LogP contribution is 2.35. The molecule has 0 aliphatic carbocycles. The molecule has 0 saturated heterocycles. The first kappa shape index (κ1) is 22.9. The van der Waals surface area contributed by atoms with Crippen LogP contribution in [0.2, 0.25) is 0 Å². The van der Waals surface area contributed by atoms with Crippen molar-refractivity contribution in [1.82, 2.24) is 29.1 Å². The molecule has 0 saturated carbocycles. The lowest BCUT2D eigenvalue weighted by molar-refractivity contribution is -0.137. The topological polar surface area (TPSA) is 124 Å². The summed E-state index contributed by atoms with van der Waals surface area (Å²) in [6, 6.07) is 2.30. The molecular weight excluding hydrogens is 461 g/mol. The van der Waals surface area contributed by atoms with Crippen LogP contribution in [0.4, 0.5) is 19.0 Å². The molecule has 4 heterocycles. The third-order valence-electron chi connectivity index (χ3n) is 5.22. The maximum absolute atomic E-state index is 13.2. The summed E-state index contributed by atoms with van der Waals surface area (Å²) >= 11 is 0. The van der Waals surface area contributed by atoms with Crippen molar-refractivity contribution in [1.29, 1.82) is 0 Å². The average molecular weight is 482 g/mol. The molecule has 0 aromatic carbocycles. The second-order valence-electron chi connectivity index (χ2n) is 7.68. The first-order valence-electron chi connectivity index (χ1n) is 9.91. The number of hydrogen-bond acceptors (Lipinski definition) is 8. The van der Waals surface area contributed by atoms with Crippen molar-refractivity contribution in [3.8, 4) is 11.4 Å². The smallest absolute Gasteiger partial charge is 0.312 e. The number of hydrazine groups is 1. The summed E-state index contributed by atoms with van der Waals surface area (Å²) in [7, 11) is -2.34. The molecule has 0 atom stereocenters. The van der Waals surface area contributed by atoms with Crippen molar-refractivity contribution >= 4 is 32.5 Å². The quantitative estimate of drug-likeness (QED) is 0.340. The maximum Gasteiger partial charge on any atom is 0.417 e. The number of fused-ring (bicyclic) bond motifs is 2. The number of anilines is 1. The minimum absolute atomic E-state index is 0.0414. The van der Waals surface area contributed by atoms with Gasteiger partial charge in [0.25, 0.3) is 0 Å². The monoisotopic (exact) mass is 482 g/mol. The molecule has 0 bridgehead atoms. The van der Waals surface area contributed by atoms with Gasteiger partial charge in [0.1, 0.15) is 22.7 Å². The Balaban J connectivity index is 2.08. The van der Waals surface area contributed by atoms with Gasteiger partial charge in [0.05, 0.1) is 11.3 Å². The van der Waals surface area contributed by atoms with Crippen molar-refractivity contribution < 1.29 is 21.6 Å². The highest BCUT2D eigenvalue weighted by atomic mass is 32.2. The van der Waals surface area contributed by atoms with E-state index in [1.807, 2.05) is 13.8 Å². The van der Waals surface area contributed by atoms with Crippen LogP contribution in [0, 0.1) is 0 Å². The Morgan fingerprint density at radius 3 is 2.52 bits per heavy atom. The number of alkyl halides is 3. The van der Waals surface area contributed by atoms with Gasteiger partial charge in [-0.3, -0.25) is 5.01 Å². The summed E-state index contributed by atoms with van der Waals surface area (Å²) in [4.78, 5) is 12.5. The number of imidazole rings is 1. The number of hydrogen-bond donors (Lipinski definition) is 1. The Morgan fingerprint density at radius 1 is 1.21 bits per heavy atom. The summed E-state index contributed by atoms with van der Waals surface area (Å²) in [5, 5.41) is 5.40. The van der Waals surface area contributed by atoms with Crippen LogP contribution in [0.1, 0.15) is 26.3 Å². The number of aryl methyl sites for hydroxylation is 1. The van der Waals surface area contributed by atoms with Crippen molar-refractivity contribution in [2.24, 2.45) is 12.9 Å². The zero-order valence-corrected chi connectivity index (χ0v) is 19.0. The Kier molecular flexibility index (Phi) is 5.32. The maximum atomic E-state index is 13.2. The largest absolute Gasteiger partial charge is 0.417 e. The first-order chi connectivity index (χ1) is 15.4. The second-order valence-corrected chi connectivity index (χ2v) is 9.88. The number of halogens is 3. The standard InChI is InChI=1S/C19H21F3N8O2S/c1-5-33(31,32)18-14(16-24-7-6-13(30(16)27-18)29(23)10(2)3)17-26-12-8-11(19(20,21)22)9-25-15(12)28(17)4/h6-10H,5,23H2,1-4H3. The highest BCUT2D eigenvalue weighted by Gasteiger charge is 2.33. The van der Waals surface area contributed by atoms with Crippen molar-refractivity contribution in [3.05, 3.63) is 30.1 Å². The predicted molar refractivity (Wildman–Crippen MR) is 115 cm³/mol. The molecular formula is C19H21F3N8O2S. The molecule has 0 unspecified atom stereocenters. The van der Waals surface area contributed by atoms with Crippen LogP contribution in [0.5, 0.6) is 0 Å². The van der Waals surface area contributed by atoms with Gasteiger partial charge < -0.3 is 4.57 Å². The van der Waals surface area contributed by atoms with Gasteiger partial charge in [-0.15, -0.1) is 0 Å². The lowest BCUT2D eigenvalue weighted by Gasteiger charge is -2.22. The van der Waals surface area contributed by atoms with Crippen molar-refractivity contribution in [2.45, 2.75) is 38.0 Å². The minimum Gasteiger partial charge on any atom is -0.312 e. The number of nitrogens with zero attached hydrogens (tertiary/aromatic N) is 7. The van der Waals surface area contributed by atoms with E-state index in [0.29, 0.717) is 12.0 Å². The number of pyridine rings is 1. The van der Waals surface area contributed by atoms with Gasteiger partial charge in [-0.25, -0.2) is 29.2 Å². The van der Waals surface area contributed by atoms with Crippen LogP contribution in [0.15, 0.2) is 29.6 Å². The Bertz CT molecular complexity index is 1470. The predicted octanol–water partition coefficient (Wildman–Crippen LogP) is 2.58. The molecule has 0 fully saturated rings. The normalized spacial score (nSPS) is 12.9. The number of rotatable bonds is 5. The third-order valence-corrected chi connectivity index (χ3v) is 6.86. The molecule has 33 heavy (non-hydrogen) atoms. The van der Waals surface area contributed by atoms with Gasteiger partial charge in [-0.2, -0.15) is 22.8 Å². The van der Waals surface area contributed by atoms with E-state index in [9.17, 15) is 21.6 Å². The second kappa shape index (κ2) is 7.66. The summed E-state index contributed by atoms with van der Waals surface area (Å²) in [5.41, 5.74) is -0.650. The van der Waals surface area contributed by atoms with Gasteiger partial charge in [0.15, 0.2) is 26.2 Å². The Labute approximate surface area is 186 Å². The van der Waals surface area contributed by atoms with E-state index in [1.54, 1.807) is 6.07 Å².